The third-order valence-electron chi connectivity index (χ3n) is 5.17. The maximum absolute atomic E-state index is 12.9. The highest BCUT2D eigenvalue weighted by atomic mass is 16.2. The smallest absolute Gasteiger partial charge is 0.252 e. The minimum Gasteiger partial charge on any atom is -0.325 e. The monoisotopic (exact) mass is 414 g/mol. The normalized spacial score (nSPS) is 10.9. The summed E-state index contributed by atoms with van der Waals surface area (Å²) in [6.07, 6.45) is 0. The van der Waals surface area contributed by atoms with Crippen molar-refractivity contribution in [3.05, 3.63) is 87.8 Å². The second-order valence-corrected chi connectivity index (χ2v) is 7.46. The lowest BCUT2D eigenvalue weighted by Crippen LogP contribution is -2.29. The first kappa shape index (κ1) is 20.3. The number of Topliss-reactive ketones (excluding diaryl/α,β-unsaturated/α-hetero) is 1. The summed E-state index contributed by atoms with van der Waals surface area (Å²) in [4.78, 5) is 37.1. The van der Waals surface area contributed by atoms with Gasteiger partial charge in [-0.15, -0.1) is 0 Å². The second-order valence-electron chi connectivity index (χ2n) is 7.46. The van der Waals surface area contributed by atoms with Gasteiger partial charge < -0.3 is 5.32 Å². The molecule has 0 bridgehead atoms. The molecule has 1 amide bonds. The fraction of sp³-hybridized carbons (Fsp3) is 0.167. The van der Waals surface area contributed by atoms with E-state index in [1.54, 1.807) is 28.9 Å². The van der Waals surface area contributed by atoms with Crippen LogP contribution in [0, 0.1) is 13.8 Å². The molecule has 2 aromatic carbocycles. The van der Waals surface area contributed by atoms with E-state index >= 15 is 0 Å². The van der Waals surface area contributed by atoms with Gasteiger partial charge in [-0.3, -0.25) is 19.0 Å². The summed E-state index contributed by atoms with van der Waals surface area (Å²) in [5.41, 5.74) is 3.83. The van der Waals surface area contributed by atoms with E-state index < -0.39 is 0 Å². The molecule has 0 atom stereocenters. The number of rotatable bonds is 5. The Kier molecular flexibility index (Phi) is 5.25. The van der Waals surface area contributed by atoms with E-state index in [9.17, 15) is 14.4 Å². The van der Waals surface area contributed by atoms with E-state index in [0.29, 0.717) is 16.9 Å². The fourth-order valence-electron chi connectivity index (χ4n) is 3.70. The Labute approximate surface area is 178 Å². The van der Waals surface area contributed by atoms with Crippen molar-refractivity contribution in [3.8, 4) is 5.69 Å². The molecule has 4 rings (SSSR count). The summed E-state index contributed by atoms with van der Waals surface area (Å²) in [7, 11) is 0. The summed E-state index contributed by atoms with van der Waals surface area (Å²) < 4.78 is 3.14. The number of anilines is 1. The SMILES string of the molecule is CC(=O)c1ccc(NC(=O)Cn2c(=O)cc(C)c3c(C)nn(-c4ccccc4)c32)cc1. The third kappa shape index (κ3) is 3.90. The molecular weight excluding hydrogens is 392 g/mol. The number of hydrogen-bond donors (Lipinski definition) is 1. The first-order chi connectivity index (χ1) is 14.8. The number of para-hydroxylation sites is 1. The molecule has 4 aromatic rings. The van der Waals surface area contributed by atoms with E-state index in [2.05, 4.69) is 10.4 Å². The number of ketones is 1. The summed E-state index contributed by atoms with van der Waals surface area (Å²) >= 11 is 0. The van der Waals surface area contributed by atoms with Crippen molar-refractivity contribution in [1.29, 1.82) is 0 Å². The Morgan fingerprint density at radius 1 is 1.00 bits per heavy atom. The molecule has 7 heteroatoms. The minimum atomic E-state index is -0.346. The number of fused-ring (bicyclic) bond motifs is 1. The number of aromatic nitrogens is 3. The van der Waals surface area contributed by atoms with Gasteiger partial charge in [-0.2, -0.15) is 5.10 Å². The molecule has 2 aromatic heterocycles. The number of nitrogens with zero attached hydrogens (tertiary/aromatic N) is 3. The van der Waals surface area contributed by atoms with Gasteiger partial charge in [-0.25, -0.2) is 4.68 Å². The molecule has 31 heavy (non-hydrogen) atoms. The number of carbonyl (C=O) groups excluding carboxylic acids is 2. The zero-order valence-corrected chi connectivity index (χ0v) is 17.5. The van der Waals surface area contributed by atoms with Crippen LogP contribution in [0.3, 0.4) is 0 Å². The summed E-state index contributed by atoms with van der Waals surface area (Å²) in [5, 5.41) is 8.27. The number of pyridine rings is 1. The molecule has 156 valence electrons. The standard InChI is InChI=1S/C24H22N4O3/c1-15-13-22(31)27(14-21(30)25-19-11-9-18(10-12-19)17(3)29)24-23(15)16(2)26-28(24)20-7-5-4-6-8-20/h4-13H,14H2,1-3H3,(H,25,30). The summed E-state index contributed by atoms with van der Waals surface area (Å²) in [6.45, 7) is 5.08. The predicted molar refractivity (Wildman–Crippen MR) is 120 cm³/mol. The Morgan fingerprint density at radius 2 is 1.68 bits per heavy atom. The highest BCUT2D eigenvalue weighted by molar-refractivity contribution is 5.96. The molecule has 0 unspecified atom stereocenters. The molecule has 7 nitrogen and oxygen atoms in total. The highest BCUT2D eigenvalue weighted by Crippen LogP contribution is 2.23. The van der Waals surface area contributed by atoms with Gasteiger partial charge in [0.15, 0.2) is 5.78 Å². The van der Waals surface area contributed by atoms with E-state index in [-0.39, 0.29) is 23.8 Å². The van der Waals surface area contributed by atoms with E-state index in [4.69, 9.17) is 0 Å². The predicted octanol–water partition coefficient (Wildman–Crippen LogP) is 3.65. The number of hydrogen-bond acceptors (Lipinski definition) is 4. The number of aryl methyl sites for hydroxylation is 2. The Hall–Kier alpha value is -4.00. The van der Waals surface area contributed by atoms with Crippen molar-refractivity contribution in [3.63, 3.8) is 0 Å². The molecule has 0 saturated carbocycles. The molecule has 0 aliphatic rings. The van der Waals surface area contributed by atoms with Crippen molar-refractivity contribution in [2.45, 2.75) is 27.3 Å². The maximum Gasteiger partial charge on any atom is 0.252 e. The lowest BCUT2D eigenvalue weighted by molar-refractivity contribution is -0.116. The van der Waals surface area contributed by atoms with Gasteiger partial charge in [0.1, 0.15) is 12.2 Å². The van der Waals surface area contributed by atoms with Gasteiger partial charge in [0.25, 0.3) is 5.56 Å². The van der Waals surface area contributed by atoms with E-state index in [1.165, 1.54) is 17.6 Å². The quantitative estimate of drug-likeness (QED) is 0.505. The van der Waals surface area contributed by atoms with Gasteiger partial charge in [0.2, 0.25) is 5.91 Å². The van der Waals surface area contributed by atoms with Crippen molar-refractivity contribution in [2.75, 3.05) is 5.32 Å². The third-order valence-corrected chi connectivity index (χ3v) is 5.17. The molecule has 2 heterocycles. The second kappa shape index (κ2) is 8.02. The average Bonchev–Trinajstić information content (AvgIpc) is 3.09. The average molecular weight is 414 g/mol. The topological polar surface area (TPSA) is 86.0 Å². The van der Waals surface area contributed by atoms with Crippen molar-refractivity contribution in [2.24, 2.45) is 0 Å². The van der Waals surface area contributed by atoms with Gasteiger partial charge in [0, 0.05) is 22.7 Å². The Morgan fingerprint density at radius 3 is 2.32 bits per heavy atom. The van der Waals surface area contributed by atoms with Crippen LogP contribution in [0.4, 0.5) is 5.69 Å². The first-order valence-electron chi connectivity index (χ1n) is 9.91. The van der Waals surface area contributed by atoms with Crippen LogP contribution in [-0.4, -0.2) is 26.0 Å². The zero-order valence-electron chi connectivity index (χ0n) is 17.5. The molecule has 1 N–H and O–H groups in total. The van der Waals surface area contributed by atoms with Gasteiger partial charge in [-0.1, -0.05) is 18.2 Å². The molecule has 0 aliphatic carbocycles. The van der Waals surface area contributed by atoms with Gasteiger partial charge >= 0.3 is 0 Å². The van der Waals surface area contributed by atoms with Crippen LogP contribution in [0.5, 0.6) is 0 Å². The van der Waals surface area contributed by atoms with Crippen LogP contribution in [0.25, 0.3) is 16.7 Å². The molecule has 0 fully saturated rings. The van der Waals surface area contributed by atoms with Crippen LogP contribution in [0.1, 0.15) is 28.5 Å². The Bertz CT molecular complexity index is 1350. The summed E-state index contributed by atoms with van der Waals surface area (Å²) in [5.74, 6) is -0.391. The Balaban J connectivity index is 1.74. The number of benzene rings is 2. The van der Waals surface area contributed by atoms with Gasteiger partial charge in [0.05, 0.1) is 11.4 Å². The van der Waals surface area contributed by atoms with E-state index in [0.717, 1.165) is 22.3 Å². The van der Waals surface area contributed by atoms with Gasteiger partial charge in [-0.05, 0) is 62.7 Å². The fourth-order valence-corrected chi connectivity index (χ4v) is 3.70. The van der Waals surface area contributed by atoms with Crippen LogP contribution >= 0.6 is 0 Å². The van der Waals surface area contributed by atoms with Crippen LogP contribution in [-0.2, 0) is 11.3 Å². The number of nitrogens with one attached hydrogen (secondary N) is 1. The van der Waals surface area contributed by atoms with Crippen molar-refractivity contribution >= 4 is 28.4 Å². The van der Waals surface area contributed by atoms with Crippen LogP contribution in [0.2, 0.25) is 0 Å². The van der Waals surface area contributed by atoms with Crippen molar-refractivity contribution in [1.82, 2.24) is 14.3 Å². The lowest BCUT2D eigenvalue weighted by atomic mass is 10.1. The first-order valence-corrected chi connectivity index (χ1v) is 9.91. The molecule has 0 saturated heterocycles. The number of carbonyl (C=O) groups is 2. The molecule has 0 radical (unpaired) electrons. The number of amides is 1. The molecule has 0 aliphatic heterocycles. The molecule has 0 spiro atoms. The van der Waals surface area contributed by atoms with Crippen LogP contribution in [0.15, 0.2) is 65.5 Å². The minimum absolute atomic E-state index is 0.0454. The summed E-state index contributed by atoms with van der Waals surface area (Å²) in [6, 6.07) is 17.7. The van der Waals surface area contributed by atoms with Crippen LogP contribution < -0.4 is 10.9 Å². The maximum atomic E-state index is 12.9. The molecular formula is C24H22N4O3. The largest absolute Gasteiger partial charge is 0.325 e. The zero-order chi connectivity index (χ0) is 22.1. The highest BCUT2D eigenvalue weighted by Gasteiger charge is 2.18. The lowest BCUT2D eigenvalue weighted by Gasteiger charge is -2.12. The van der Waals surface area contributed by atoms with Crippen molar-refractivity contribution < 1.29 is 9.59 Å². The van der Waals surface area contributed by atoms with E-state index in [1.807, 2.05) is 44.2 Å².